The Hall–Kier alpha value is -3.01. The van der Waals surface area contributed by atoms with E-state index in [9.17, 15) is 33.0 Å². The lowest BCUT2D eigenvalue weighted by atomic mass is 9.96. The highest BCUT2D eigenvalue weighted by molar-refractivity contribution is 5.99. The normalized spacial score (nSPS) is 29.2. The Morgan fingerprint density at radius 3 is 2.68 bits per heavy atom. The summed E-state index contributed by atoms with van der Waals surface area (Å²) in [5, 5.41) is 23.4. The molecule has 3 heterocycles. The van der Waals surface area contributed by atoms with Crippen LogP contribution in [0.2, 0.25) is 0 Å². The number of nitrogens with one attached hydrogen (secondary N) is 1. The molecule has 3 aliphatic heterocycles. The lowest BCUT2D eigenvalue weighted by Crippen LogP contribution is -2.57. The van der Waals surface area contributed by atoms with Gasteiger partial charge in [-0.2, -0.15) is 0 Å². The zero-order valence-corrected chi connectivity index (χ0v) is 16.4. The molecule has 2 amide bonds. The van der Waals surface area contributed by atoms with Crippen LogP contribution in [0.3, 0.4) is 0 Å². The second-order valence-corrected chi connectivity index (χ2v) is 8.50. The highest BCUT2D eigenvalue weighted by Crippen LogP contribution is 2.57. The number of hydrogen-bond donors (Lipinski definition) is 3. The summed E-state index contributed by atoms with van der Waals surface area (Å²) in [6, 6.07) is 1.01. The zero-order valence-electron chi connectivity index (χ0n) is 16.4. The Balaban J connectivity index is 1.43. The van der Waals surface area contributed by atoms with E-state index in [2.05, 4.69) is 5.32 Å². The van der Waals surface area contributed by atoms with Crippen LogP contribution in [-0.2, 0) is 16.1 Å². The molecule has 3 N–H and O–H groups in total. The van der Waals surface area contributed by atoms with Crippen molar-refractivity contribution in [2.75, 3.05) is 13.1 Å². The smallest absolute Gasteiger partial charge is 0.274 e. The fourth-order valence-electron chi connectivity index (χ4n) is 5.00. The molecule has 1 saturated carbocycles. The third-order valence-corrected chi connectivity index (χ3v) is 6.71. The molecular weight excluding hydrogens is 415 g/mol. The molecule has 7 nitrogen and oxygen atoms in total. The number of hydrogen-bond acceptors (Lipinski definition) is 5. The maximum atomic E-state index is 13.8. The van der Waals surface area contributed by atoms with Gasteiger partial charge in [-0.1, -0.05) is 0 Å². The maximum Gasteiger partial charge on any atom is 0.274 e. The number of nitrogens with zero attached hydrogens (tertiary/aromatic N) is 2. The van der Waals surface area contributed by atoms with Crippen LogP contribution in [0.15, 0.2) is 35.4 Å². The molecule has 3 atom stereocenters. The van der Waals surface area contributed by atoms with Crippen molar-refractivity contribution in [2.45, 2.75) is 37.5 Å². The molecule has 0 radical (unpaired) electrons. The van der Waals surface area contributed by atoms with Crippen molar-refractivity contribution in [1.82, 2.24) is 15.1 Å². The van der Waals surface area contributed by atoms with E-state index in [0.29, 0.717) is 31.1 Å². The Labute approximate surface area is 175 Å². The van der Waals surface area contributed by atoms with Crippen LogP contribution in [0.5, 0.6) is 0 Å². The van der Waals surface area contributed by atoms with E-state index in [1.54, 1.807) is 9.80 Å². The van der Waals surface area contributed by atoms with E-state index < -0.39 is 58.8 Å². The highest BCUT2D eigenvalue weighted by Gasteiger charge is 2.64. The van der Waals surface area contributed by atoms with E-state index in [4.69, 9.17) is 0 Å². The predicted octanol–water partition coefficient (Wildman–Crippen LogP) is 1.44. The quantitative estimate of drug-likeness (QED) is 0.668. The number of aliphatic hydroxyl groups excluding tert-OH is 2. The number of halogens is 3. The van der Waals surface area contributed by atoms with Gasteiger partial charge in [-0.05, 0) is 25.2 Å². The van der Waals surface area contributed by atoms with Gasteiger partial charge in [0.1, 0.15) is 29.3 Å². The number of benzene rings is 1. The average Bonchev–Trinajstić information content (AvgIpc) is 3.41. The van der Waals surface area contributed by atoms with Crippen molar-refractivity contribution in [2.24, 2.45) is 5.92 Å². The molecule has 164 valence electrons. The van der Waals surface area contributed by atoms with Gasteiger partial charge < -0.3 is 25.3 Å². The van der Waals surface area contributed by atoms with Gasteiger partial charge in [0.2, 0.25) is 0 Å². The summed E-state index contributed by atoms with van der Waals surface area (Å²) in [7, 11) is 0. The largest absolute Gasteiger partial charge is 0.507 e. The fraction of sp³-hybridized carbons (Fsp3) is 0.429. The average molecular weight is 435 g/mol. The van der Waals surface area contributed by atoms with Gasteiger partial charge in [-0.25, -0.2) is 13.2 Å². The fourth-order valence-corrected chi connectivity index (χ4v) is 5.00. The van der Waals surface area contributed by atoms with Crippen LogP contribution in [-0.4, -0.2) is 56.6 Å². The molecule has 1 aromatic rings. The van der Waals surface area contributed by atoms with Crippen LogP contribution in [0.25, 0.3) is 0 Å². The zero-order chi connectivity index (χ0) is 22.1. The van der Waals surface area contributed by atoms with E-state index in [0.717, 1.165) is 19.3 Å². The van der Waals surface area contributed by atoms with Crippen molar-refractivity contribution in [3.8, 4) is 0 Å². The lowest BCUT2D eigenvalue weighted by molar-refractivity contribution is -0.134. The molecule has 1 aromatic carbocycles. The minimum atomic E-state index is -1.76. The lowest BCUT2D eigenvalue weighted by Gasteiger charge is -2.45. The number of rotatable bonds is 3. The van der Waals surface area contributed by atoms with E-state index in [-0.39, 0.29) is 11.3 Å². The van der Waals surface area contributed by atoms with Gasteiger partial charge >= 0.3 is 0 Å². The molecule has 3 fully saturated rings. The van der Waals surface area contributed by atoms with Crippen LogP contribution >= 0.6 is 0 Å². The van der Waals surface area contributed by atoms with Gasteiger partial charge in [0.15, 0.2) is 5.76 Å². The third kappa shape index (κ3) is 2.92. The number of carbonyl (C=O) groups excluding carboxylic acids is 2. The predicted molar refractivity (Wildman–Crippen MR) is 100 cm³/mol. The number of piperazine rings is 1. The van der Waals surface area contributed by atoms with Gasteiger partial charge in [-0.15, -0.1) is 0 Å². The number of aliphatic hydroxyl groups is 2. The van der Waals surface area contributed by atoms with Crippen molar-refractivity contribution in [3.05, 3.63) is 58.4 Å². The summed E-state index contributed by atoms with van der Waals surface area (Å²) in [5.41, 5.74) is -1.23. The van der Waals surface area contributed by atoms with Gasteiger partial charge in [0.25, 0.3) is 11.8 Å². The Bertz CT molecular complexity index is 1050. The maximum absolute atomic E-state index is 13.8. The van der Waals surface area contributed by atoms with E-state index in [1.165, 1.54) is 6.20 Å². The van der Waals surface area contributed by atoms with Gasteiger partial charge in [-0.3, -0.25) is 9.59 Å². The summed E-state index contributed by atoms with van der Waals surface area (Å²) >= 11 is 0. The Kier molecular flexibility index (Phi) is 4.34. The molecule has 5 rings (SSSR count). The number of amides is 2. The minimum absolute atomic E-state index is 0.0321. The summed E-state index contributed by atoms with van der Waals surface area (Å²) in [4.78, 5) is 28.8. The van der Waals surface area contributed by atoms with Gasteiger partial charge in [0.05, 0.1) is 11.1 Å². The molecular formula is C21H20F3N3O4. The number of fused-ring (bicyclic) bond motifs is 2. The van der Waals surface area contributed by atoms with Crippen molar-refractivity contribution < 1.29 is 33.0 Å². The van der Waals surface area contributed by atoms with Crippen LogP contribution in [0, 0.1) is 23.4 Å². The van der Waals surface area contributed by atoms with Crippen LogP contribution in [0.1, 0.15) is 24.8 Å². The Morgan fingerprint density at radius 2 is 1.97 bits per heavy atom. The summed E-state index contributed by atoms with van der Waals surface area (Å²) in [6.07, 6.45) is 2.14. The first-order valence-corrected chi connectivity index (χ1v) is 10.1. The standard InChI is InChI=1S/C21H20F3N3O4/c22-11-4-14(23)12(15(24)5-11)7-25-19(30)13-8-27-16(18(29)17(13)28)20(31)26-3-1-2-10-6-21(10,27)9-26/h4-5,8,10,17,28-29H,1-3,6-7,9H2,(H,25,30)/t10-,17?,21+/m0/s1. The van der Waals surface area contributed by atoms with Crippen molar-refractivity contribution >= 4 is 11.8 Å². The molecule has 31 heavy (non-hydrogen) atoms. The summed E-state index contributed by atoms with van der Waals surface area (Å²) in [6.45, 7) is 0.461. The van der Waals surface area contributed by atoms with Crippen molar-refractivity contribution in [3.63, 3.8) is 0 Å². The summed E-state index contributed by atoms with van der Waals surface area (Å²) in [5.74, 6) is -4.97. The molecule has 2 saturated heterocycles. The molecule has 4 aliphatic rings. The van der Waals surface area contributed by atoms with Crippen LogP contribution < -0.4 is 5.32 Å². The van der Waals surface area contributed by atoms with E-state index >= 15 is 0 Å². The second kappa shape index (κ2) is 6.74. The first-order valence-electron chi connectivity index (χ1n) is 10.1. The molecule has 0 aromatic heterocycles. The molecule has 2 bridgehead atoms. The molecule has 1 spiro atoms. The SMILES string of the molecule is O=C(NCc1c(F)cc(F)cc1F)C1=CN2C(=C(O)C1O)C(=O)N1CCC[C@H]3C[C@@]32C1. The number of carbonyl (C=O) groups is 2. The molecule has 1 unspecified atom stereocenters. The van der Waals surface area contributed by atoms with Gasteiger partial charge in [0, 0.05) is 43.5 Å². The Morgan fingerprint density at radius 1 is 1.26 bits per heavy atom. The minimum Gasteiger partial charge on any atom is -0.507 e. The molecule has 1 aliphatic carbocycles. The monoisotopic (exact) mass is 435 g/mol. The molecule has 10 heteroatoms. The topological polar surface area (TPSA) is 93.1 Å². The first kappa shape index (κ1) is 19.9. The summed E-state index contributed by atoms with van der Waals surface area (Å²) < 4.78 is 40.8. The first-order chi connectivity index (χ1) is 14.7. The van der Waals surface area contributed by atoms with Crippen molar-refractivity contribution in [1.29, 1.82) is 0 Å². The second-order valence-electron chi connectivity index (χ2n) is 8.50. The highest BCUT2D eigenvalue weighted by atomic mass is 19.1. The third-order valence-electron chi connectivity index (χ3n) is 6.71. The van der Waals surface area contributed by atoms with Crippen LogP contribution in [0.4, 0.5) is 13.2 Å². The van der Waals surface area contributed by atoms with E-state index in [1.807, 2.05) is 0 Å².